The molecular weight excluding hydrogens is 390 g/mol. The molecule has 2 heterocycles. The number of piperazine rings is 1. The van der Waals surface area contributed by atoms with Crippen molar-refractivity contribution in [1.82, 2.24) is 15.1 Å². The molecule has 2 unspecified atom stereocenters. The first-order valence-corrected chi connectivity index (χ1v) is 12.1. The lowest BCUT2D eigenvalue weighted by Crippen LogP contribution is -2.54. The summed E-state index contributed by atoms with van der Waals surface area (Å²) < 4.78 is 23.5. The van der Waals surface area contributed by atoms with Gasteiger partial charge in [-0.15, -0.1) is 0 Å². The van der Waals surface area contributed by atoms with Gasteiger partial charge in [-0.25, -0.2) is 8.42 Å². The molecule has 2 aliphatic heterocycles. The van der Waals surface area contributed by atoms with E-state index in [9.17, 15) is 18.0 Å². The van der Waals surface area contributed by atoms with Crippen molar-refractivity contribution in [3.8, 4) is 0 Å². The number of hydrogen-bond donors (Lipinski definition) is 1. The van der Waals surface area contributed by atoms with Crippen LogP contribution < -0.4 is 5.32 Å². The summed E-state index contributed by atoms with van der Waals surface area (Å²) in [5, 5.41) is 2.92. The number of hydrogen-bond acceptors (Lipinski definition) is 5. The predicted molar refractivity (Wildman–Crippen MR) is 112 cm³/mol. The molecule has 1 aromatic rings. The summed E-state index contributed by atoms with van der Waals surface area (Å²) >= 11 is 0. The Bertz CT molecular complexity index is 818. The van der Waals surface area contributed by atoms with Crippen LogP contribution in [0, 0.1) is 5.92 Å². The number of nitrogens with zero attached hydrogens (tertiary/aromatic N) is 2. The Labute approximate surface area is 173 Å². The van der Waals surface area contributed by atoms with Crippen LogP contribution in [0.15, 0.2) is 30.3 Å². The minimum atomic E-state index is -2.92. The SMILES string of the molecule is CC(C)CC(=O)NC(C(=O)N1CCN(C2CCS(=O)(=O)C2)CC1)c1ccccc1. The largest absolute Gasteiger partial charge is 0.341 e. The average molecular weight is 422 g/mol. The van der Waals surface area contributed by atoms with Gasteiger partial charge in [0.05, 0.1) is 11.5 Å². The van der Waals surface area contributed by atoms with Crippen LogP contribution in [0.2, 0.25) is 0 Å². The molecule has 1 aromatic carbocycles. The lowest BCUT2D eigenvalue weighted by atomic mass is 10.0. The third kappa shape index (κ3) is 5.79. The van der Waals surface area contributed by atoms with E-state index in [0.29, 0.717) is 39.0 Å². The molecule has 8 heteroatoms. The lowest BCUT2D eigenvalue weighted by Gasteiger charge is -2.39. The maximum Gasteiger partial charge on any atom is 0.249 e. The zero-order chi connectivity index (χ0) is 21.0. The molecule has 0 radical (unpaired) electrons. The molecule has 0 aliphatic carbocycles. The van der Waals surface area contributed by atoms with Gasteiger partial charge in [-0.3, -0.25) is 14.5 Å². The van der Waals surface area contributed by atoms with E-state index in [2.05, 4.69) is 10.2 Å². The Morgan fingerprint density at radius 3 is 2.31 bits per heavy atom. The third-order valence-corrected chi connectivity index (χ3v) is 7.38. The Hall–Kier alpha value is -1.93. The fourth-order valence-electron chi connectivity index (χ4n) is 4.08. The molecule has 0 saturated carbocycles. The second-order valence-corrected chi connectivity index (χ2v) is 10.7. The van der Waals surface area contributed by atoms with E-state index >= 15 is 0 Å². The van der Waals surface area contributed by atoms with Crippen molar-refractivity contribution >= 4 is 21.7 Å². The van der Waals surface area contributed by atoms with Crippen molar-refractivity contribution in [3.63, 3.8) is 0 Å². The van der Waals surface area contributed by atoms with Gasteiger partial charge in [0.25, 0.3) is 0 Å². The van der Waals surface area contributed by atoms with Crippen molar-refractivity contribution in [2.24, 2.45) is 5.92 Å². The third-order valence-electron chi connectivity index (χ3n) is 5.63. The number of nitrogens with one attached hydrogen (secondary N) is 1. The normalized spacial score (nSPS) is 23.1. The molecule has 2 atom stereocenters. The zero-order valence-electron chi connectivity index (χ0n) is 17.2. The van der Waals surface area contributed by atoms with Crippen LogP contribution >= 0.6 is 0 Å². The van der Waals surface area contributed by atoms with Crippen molar-refractivity contribution in [2.45, 2.75) is 38.8 Å². The van der Waals surface area contributed by atoms with E-state index in [4.69, 9.17) is 0 Å². The van der Waals surface area contributed by atoms with Gasteiger partial charge in [-0.05, 0) is 17.9 Å². The molecule has 0 aromatic heterocycles. The molecular formula is C21H31N3O4S. The Balaban J connectivity index is 1.64. The molecule has 2 saturated heterocycles. The summed E-state index contributed by atoms with van der Waals surface area (Å²) in [5.74, 6) is 0.463. The highest BCUT2D eigenvalue weighted by atomic mass is 32.2. The van der Waals surface area contributed by atoms with Crippen molar-refractivity contribution in [3.05, 3.63) is 35.9 Å². The van der Waals surface area contributed by atoms with Crippen molar-refractivity contribution in [2.75, 3.05) is 37.7 Å². The summed E-state index contributed by atoms with van der Waals surface area (Å²) in [6.07, 6.45) is 1.05. The maximum atomic E-state index is 13.2. The summed E-state index contributed by atoms with van der Waals surface area (Å²) in [4.78, 5) is 29.6. The summed E-state index contributed by atoms with van der Waals surface area (Å²) in [7, 11) is -2.92. The molecule has 3 rings (SSSR count). The van der Waals surface area contributed by atoms with Crippen molar-refractivity contribution < 1.29 is 18.0 Å². The monoisotopic (exact) mass is 421 g/mol. The van der Waals surface area contributed by atoms with E-state index in [-0.39, 0.29) is 35.3 Å². The molecule has 0 spiro atoms. The second-order valence-electron chi connectivity index (χ2n) is 8.43. The molecule has 2 fully saturated rings. The Morgan fingerprint density at radius 1 is 1.10 bits per heavy atom. The number of sulfone groups is 1. The summed E-state index contributed by atoms with van der Waals surface area (Å²) in [5.41, 5.74) is 0.777. The van der Waals surface area contributed by atoms with Gasteiger partial charge < -0.3 is 10.2 Å². The number of rotatable bonds is 6. The highest BCUT2D eigenvalue weighted by Gasteiger charge is 2.36. The minimum Gasteiger partial charge on any atom is -0.341 e. The Kier molecular flexibility index (Phi) is 6.95. The number of amides is 2. The van der Waals surface area contributed by atoms with Crippen LogP contribution in [-0.4, -0.2) is 73.8 Å². The zero-order valence-corrected chi connectivity index (χ0v) is 18.0. The standard InChI is InChI=1S/C21H31N3O4S/c1-16(2)14-19(25)22-20(17-6-4-3-5-7-17)21(26)24-11-9-23(10-12-24)18-8-13-29(27,28)15-18/h3-7,16,18,20H,8-15H2,1-2H3,(H,22,25). The van der Waals surface area contributed by atoms with Crippen LogP contribution in [0.1, 0.15) is 38.3 Å². The van der Waals surface area contributed by atoms with E-state index in [1.807, 2.05) is 44.2 Å². The van der Waals surface area contributed by atoms with Gasteiger partial charge in [0, 0.05) is 38.6 Å². The average Bonchev–Trinajstić information content (AvgIpc) is 3.05. The van der Waals surface area contributed by atoms with Gasteiger partial charge >= 0.3 is 0 Å². The van der Waals surface area contributed by atoms with E-state index < -0.39 is 15.9 Å². The predicted octanol–water partition coefficient (Wildman–Crippen LogP) is 1.22. The lowest BCUT2D eigenvalue weighted by molar-refractivity contribution is -0.138. The topological polar surface area (TPSA) is 86.8 Å². The molecule has 7 nitrogen and oxygen atoms in total. The van der Waals surface area contributed by atoms with Crippen LogP contribution in [0.25, 0.3) is 0 Å². The molecule has 2 aliphatic rings. The van der Waals surface area contributed by atoms with E-state index in [1.54, 1.807) is 4.90 Å². The fourth-order valence-corrected chi connectivity index (χ4v) is 5.84. The number of benzene rings is 1. The van der Waals surface area contributed by atoms with Crippen LogP contribution in [-0.2, 0) is 19.4 Å². The maximum absolute atomic E-state index is 13.2. The first-order chi connectivity index (χ1) is 13.7. The second kappa shape index (κ2) is 9.26. The van der Waals surface area contributed by atoms with Crippen LogP contribution in [0.5, 0.6) is 0 Å². The molecule has 0 bridgehead atoms. The highest BCUT2D eigenvalue weighted by Crippen LogP contribution is 2.22. The van der Waals surface area contributed by atoms with Gasteiger partial charge in [0.1, 0.15) is 6.04 Å². The molecule has 2 amide bonds. The van der Waals surface area contributed by atoms with Crippen molar-refractivity contribution in [1.29, 1.82) is 0 Å². The Morgan fingerprint density at radius 2 is 1.76 bits per heavy atom. The smallest absolute Gasteiger partial charge is 0.249 e. The first-order valence-electron chi connectivity index (χ1n) is 10.3. The van der Waals surface area contributed by atoms with Gasteiger partial charge in [-0.2, -0.15) is 0 Å². The van der Waals surface area contributed by atoms with Crippen LogP contribution in [0.3, 0.4) is 0 Å². The molecule has 1 N–H and O–H groups in total. The molecule has 29 heavy (non-hydrogen) atoms. The summed E-state index contributed by atoms with van der Waals surface area (Å²) in [6.45, 7) is 6.35. The first kappa shape index (κ1) is 21.8. The van der Waals surface area contributed by atoms with Gasteiger partial charge in [0.15, 0.2) is 9.84 Å². The molecule has 160 valence electrons. The van der Waals surface area contributed by atoms with Crippen LogP contribution in [0.4, 0.5) is 0 Å². The van der Waals surface area contributed by atoms with Gasteiger partial charge in [0.2, 0.25) is 11.8 Å². The fraction of sp³-hybridized carbons (Fsp3) is 0.619. The minimum absolute atomic E-state index is 0.0629. The van der Waals surface area contributed by atoms with Gasteiger partial charge in [-0.1, -0.05) is 44.2 Å². The number of carbonyl (C=O) groups is 2. The number of carbonyl (C=O) groups excluding carboxylic acids is 2. The summed E-state index contributed by atoms with van der Waals surface area (Å²) in [6, 6.07) is 8.70. The van der Waals surface area contributed by atoms with E-state index in [0.717, 1.165) is 5.56 Å². The van der Waals surface area contributed by atoms with E-state index in [1.165, 1.54) is 0 Å². The quantitative estimate of drug-likeness (QED) is 0.746. The highest BCUT2D eigenvalue weighted by molar-refractivity contribution is 7.91.